The molecule has 0 radical (unpaired) electrons. The molecule has 3 aromatic rings. The molecule has 2 heterocycles. The second kappa shape index (κ2) is 5.18. The molecule has 0 aliphatic heterocycles. The molecule has 0 bridgehead atoms. The average molecular weight is 292 g/mol. The highest BCUT2D eigenvalue weighted by atomic mass is 16.1. The third-order valence-electron chi connectivity index (χ3n) is 3.08. The maximum absolute atomic E-state index is 11.7. The van der Waals surface area contributed by atoms with E-state index in [4.69, 9.17) is 12.2 Å². The number of hydrogen-bond acceptors (Lipinski definition) is 5. The molecule has 0 saturated carbocycles. The van der Waals surface area contributed by atoms with Crippen LogP contribution in [0.25, 0.3) is 22.6 Å². The number of H-pyrrole nitrogens is 1. The lowest BCUT2D eigenvalue weighted by Crippen LogP contribution is -2.19. The van der Waals surface area contributed by atoms with Crippen LogP contribution >= 0.6 is 0 Å². The summed E-state index contributed by atoms with van der Waals surface area (Å²) in [5.41, 5.74) is 8.95. The number of amides is 1. The number of nitrogens with one attached hydrogen (secondary N) is 2. The SMILES string of the molecule is C#CNC(=O)c1cnc(N)c(-c2nc3ccc(C)cc3[nH]2)n1. The fourth-order valence-corrected chi connectivity index (χ4v) is 2.05. The molecular formula is C15H12N6O. The average Bonchev–Trinajstić information content (AvgIpc) is 2.90. The molecule has 0 aliphatic carbocycles. The van der Waals surface area contributed by atoms with E-state index in [0.29, 0.717) is 11.5 Å². The predicted octanol–water partition coefficient (Wildman–Crippen LogP) is 1.23. The van der Waals surface area contributed by atoms with Gasteiger partial charge in [-0.3, -0.25) is 10.1 Å². The van der Waals surface area contributed by atoms with Gasteiger partial charge in [-0.2, -0.15) is 0 Å². The van der Waals surface area contributed by atoms with Gasteiger partial charge >= 0.3 is 0 Å². The largest absolute Gasteiger partial charge is 0.382 e. The van der Waals surface area contributed by atoms with Crippen molar-refractivity contribution < 1.29 is 4.79 Å². The van der Waals surface area contributed by atoms with Crippen LogP contribution in [0.2, 0.25) is 0 Å². The molecule has 22 heavy (non-hydrogen) atoms. The van der Waals surface area contributed by atoms with E-state index in [1.807, 2.05) is 31.2 Å². The molecule has 4 N–H and O–H groups in total. The van der Waals surface area contributed by atoms with Crippen molar-refractivity contribution in [3.05, 3.63) is 35.7 Å². The number of nitrogens with zero attached hydrogens (tertiary/aromatic N) is 3. The minimum Gasteiger partial charge on any atom is -0.382 e. The number of imidazole rings is 1. The summed E-state index contributed by atoms with van der Waals surface area (Å²) in [6.07, 6.45) is 6.30. The van der Waals surface area contributed by atoms with Crippen LogP contribution in [0.4, 0.5) is 5.82 Å². The van der Waals surface area contributed by atoms with E-state index in [-0.39, 0.29) is 11.5 Å². The number of anilines is 1. The molecule has 0 unspecified atom stereocenters. The second-order valence-corrected chi connectivity index (χ2v) is 4.69. The standard InChI is InChI=1S/C15H12N6O/c1-3-17-15(22)11-7-18-13(16)12(19-11)14-20-9-5-4-8(2)6-10(9)21-14/h1,4-7H,2H3,(H2,16,18)(H,17,22)(H,20,21). The van der Waals surface area contributed by atoms with Crippen LogP contribution in [0.3, 0.4) is 0 Å². The third kappa shape index (κ3) is 2.33. The summed E-state index contributed by atoms with van der Waals surface area (Å²) in [5, 5.41) is 2.21. The van der Waals surface area contributed by atoms with Gasteiger partial charge in [0, 0.05) is 6.04 Å². The van der Waals surface area contributed by atoms with Gasteiger partial charge in [-0.25, -0.2) is 15.0 Å². The van der Waals surface area contributed by atoms with Crippen molar-refractivity contribution in [2.75, 3.05) is 5.73 Å². The molecule has 3 rings (SSSR count). The zero-order valence-corrected chi connectivity index (χ0v) is 11.7. The molecule has 108 valence electrons. The first-order valence-electron chi connectivity index (χ1n) is 6.43. The Labute approximate surface area is 126 Å². The normalized spacial score (nSPS) is 10.4. The Bertz CT molecular complexity index is 921. The van der Waals surface area contributed by atoms with E-state index in [1.54, 1.807) is 0 Å². The van der Waals surface area contributed by atoms with Gasteiger partial charge in [0.25, 0.3) is 5.91 Å². The van der Waals surface area contributed by atoms with Crippen molar-refractivity contribution in [1.29, 1.82) is 0 Å². The van der Waals surface area contributed by atoms with Gasteiger partial charge in [0.05, 0.1) is 17.2 Å². The number of nitrogen functional groups attached to an aromatic ring is 1. The first kappa shape index (κ1) is 13.6. The molecule has 0 aliphatic rings. The first-order valence-corrected chi connectivity index (χ1v) is 6.43. The molecule has 7 nitrogen and oxygen atoms in total. The van der Waals surface area contributed by atoms with Crippen LogP contribution in [0.15, 0.2) is 24.4 Å². The lowest BCUT2D eigenvalue weighted by Gasteiger charge is -2.03. The second-order valence-electron chi connectivity index (χ2n) is 4.69. The highest BCUT2D eigenvalue weighted by Crippen LogP contribution is 2.23. The quantitative estimate of drug-likeness (QED) is 0.486. The number of benzene rings is 1. The van der Waals surface area contributed by atoms with Crippen LogP contribution in [0, 0.1) is 19.4 Å². The van der Waals surface area contributed by atoms with Crippen LogP contribution in [0.5, 0.6) is 0 Å². The van der Waals surface area contributed by atoms with E-state index in [0.717, 1.165) is 16.6 Å². The van der Waals surface area contributed by atoms with Crippen LogP contribution in [0.1, 0.15) is 16.1 Å². The Morgan fingerprint density at radius 3 is 3.00 bits per heavy atom. The van der Waals surface area contributed by atoms with E-state index >= 15 is 0 Å². The Hall–Kier alpha value is -3.40. The minimum absolute atomic E-state index is 0.0683. The molecule has 1 aromatic carbocycles. The zero-order chi connectivity index (χ0) is 15.7. The van der Waals surface area contributed by atoms with Crippen molar-refractivity contribution in [2.24, 2.45) is 0 Å². The zero-order valence-electron chi connectivity index (χ0n) is 11.7. The Balaban J connectivity index is 2.11. The molecule has 0 atom stereocenters. The maximum atomic E-state index is 11.7. The topological polar surface area (TPSA) is 110 Å². The highest BCUT2D eigenvalue weighted by Gasteiger charge is 2.15. The number of aromatic amines is 1. The smallest absolute Gasteiger partial charge is 0.282 e. The molecule has 0 saturated heterocycles. The number of hydrogen-bond donors (Lipinski definition) is 3. The maximum Gasteiger partial charge on any atom is 0.282 e. The van der Waals surface area contributed by atoms with Gasteiger partial charge in [-0.15, -0.1) is 0 Å². The number of terminal acetylenes is 1. The van der Waals surface area contributed by atoms with Crippen LogP contribution < -0.4 is 11.1 Å². The van der Waals surface area contributed by atoms with Crippen LogP contribution in [-0.2, 0) is 0 Å². The highest BCUT2D eigenvalue weighted by molar-refractivity contribution is 5.94. The van der Waals surface area contributed by atoms with E-state index in [1.165, 1.54) is 6.20 Å². The molecular weight excluding hydrogens is 280 g/mol. The van der Waals surface area contributed by atoms with E-state index in [9.17, 15) is 4.79 Å². The fourth-order valence-electron chi connectivity index (χ4n) is 2.05. The molecule has 0 fully saturated rings. The predicted molar refractivity (Wildman–Crippen MR) is 82.6 cm³/mol. The first-order chi connectivity index (χ1) is 10.6. The number of nitrogens with two attached hydrogens (primary N) is 1. The van der Waals surface area contributed by atoms with Crippen molar-refractivity contribution in [3.8, 4) is 24.0 Å². The Kier molecular flexibility index (Phi) is 3.20. The lowest BCUT2D eigenvalue weighted by atomic mass is 10.2. The Morgan fingerprint density at radius 2 is 2.23 bits per heavy atom. The van der Waals surface area contributed by atoms with Gasteiger partial charge in [0.15, 0.2) is 11.6 Å². The molecule has 0 spiro atoms. The summed E-state index contributed by atoms with van der Waals surface area (Å²) in [6.45, 7) is 1.99. The van der Waals surface area contributed by atoms with Crippen LogP contribution in [-0.4, -0.2) is 25.8 Å². The van der Waals surface area contributed by atoms with Gasteiger partial charge < -0.3 is 10.7 Å². The summed E-state index contributed by atoms with van der Waals surface area (Å²) in [5.74, 6) is 0.0946. The van der Waals surface area contributed by atoms with Gasteiger partial charge in [-0.1, -0.05) is 12.5 Å². The summed E-state index contributed by atoms with van der Waals surface area (Å²) in [4.78, 5) is 27.4. The van der Waals surface area contributed by atoms with Gasteiger partial charge in [0.2, 0.25) is 0 Å². The number of rotatable bonds is 2. The minimum atomic E-state index is -0.525. The van der Waals surface area contributed by atoms with Crippen molar-refractivity contribution in [1.82, 2.24) is 25.3 Å². The number of fused-ring (bicyclic) bond motifs is 1. The van der Waals surface area contributed by atoms with Crippen molar-refractivity contribution in [3.63, 3.8) is 0 Å². The van der Waals surface area contributed by atoms with E-state index < -0.39 is 5.91 Å². The number of carbonyl (C=O) groups is 1. The summed E-state index contributed by atoms with van der Waals surface area (Å²) >= 11 is 0. The summed E-state index contributed by atoms with van der Waals surface area (Å²) in [6, 6.07) is 7.86. The van der Waals surface area contributed by atoms with E-state index in [2.05, 4.69) is 25.3 Å². The molecule has 1 amide bonds. The van der Waals surface area contributed by atoms with Crippen molar-refractivity contribution >= 4 is 22.8 Å². The third-order valence-corrected chi connectivity index (χ3v) is 3.08. The monoisotopic (exact) mass is 292 g/mol. The summed E-state index contributed by atoms with van der Waals surface area (Å²) in [7, 11) is 0. The molecule has 2 aromatic heterocycles. The fraction of sp³-hybridized carbons (Fsp3) is 0.0667. The van der Waals surface area contributed by atoms with Gasteiger partial charge in [-0.05, 0) is 24.6 Å². The summed E-state index contributed by atoms with van der Waals surface area (Å²) < 4.78 is 0. The lowest BCUT2D eigenvalue weighted by molar-refractivity contribution is 0.0968. The van der Waals surface area contributed by atoms with Gasteiger partial charge in [0.1, 0.15) is 11.4 Å². The number of aryl methyl sites for hydroxylation is 1. The number of carbonyl (C=O) groups excluding carboxylic acids is 1. The Morgan fingerprint density at radius 1 is 1.41 bits per heavy atom. The number of aromatic nitrogens is 4. The van der Waals surface area contributed by atoms with Crippen molar-refractivity contribution in [2.45, 2.75) is 6.92 Å². The molecule has 7 heteroatoms.